The molecule has 0 fully saturated rings. The molecule has 0 aliphatic heterocycles. The van der Waals surface area contributed by atoms with Crippen LogP contribution in [0.2, 0.25) is 0 Å². The minimum atomic E-state index is -0.299. The number of hydrogen-bond donors (Lipinski definition) is 1. The fourth-order valence-corrected chi connectivity index (χ4v) is 3.01. The van der Waals surface area contributed by atoms with E-state index in [4.69, 9.17) is 0 Å². The third-order valence-corrected chi connectivity index (χ3v) is 4.07. The quantitative estimate of drug-likeness (QED) is 0.746. The van der Waals surface area contributed by atoms with Crippen molar-refractivity contribution in [1.29, 1.82) is 0 Å². The van der Waals surface area contributed by atoms with Crippen molar-refractivity contribution >= 4 is 5.65 Å². The molecule has 5 heteroatoms. The lowest BCUT2D eigenvalue weighted by molar-refractivity contribution is 0.628. The third kappa shape index (κ3) is 1.88. The molecule has 1 aliphatic rings. The highest BCUT2D eigenvalue weighted by Crippen LogP contribution is 2.25. The zero-order valence-electron chi connectivity index (χ0n) is 11.4. The molecule has 0 unspecified atom stereocenters. The molecule has 2 heterocycles. The molecule has 1 aromatic carbocycles. The maximum atomic E-state index is 13.4. The predicted octanol–water partition coefficient (Wildman–Crippen LogP) is 2.71. The Bertz CT molecular complexity index is 894. The van der Waals surface area contributed by atoms with Gasteiger partial charge in [-0.15, -0.1) is 0 Å². The average Bonchev–Trinajstić information content (AvgIpc) is 2.92. The highest BCUT2D eigenvalue weighted by Gasteiger charge is 2.19. The van der Waals surface area contributed by atoms with Gasteiger partial charge in [-0.05, 0) is 43.4 Å². The zero-order chi connectivity index (χ0) is 14.4. The fourth-order valence-electron chi connectivity index (χ4n) is 3.01. The SMILES string of the molecule is O=c1c2c(nc3c(-c4cccc(F)c4)c[nH]n13)CCCC2. The first-order valence-corrected chi connectivity index (χ1v) is 7.12. The Kier molecular flexibility index (Phi) is 2.67. The van der Waals surface area contributed by atoms with Crippen LogP contribution in [0.1, 0.15) is 24.1 Å². The number of H-pyrrole nitrogens is 1. The average molecular weight is 283 g/mol. The van der Waals surface area contributed by atoms with E-state index < -0.39 is 0 Å². The van der Waals surface area contributed by atoms with Crippen LogP contribution in [0.5, 0.6) is 0 Å². The highest BCUT2D eigenvalue weighted by atomic mass is 19.1. The molecular weight excluding hydrogens is 269 g/mol. The Morgan fingerprint density at radius 3 is 2.95 bits per heavy atom. The van der Waals surface area contributed by atoms with Crippen molar-refractivity contribution in [2.45, 2.75) is 25.7 Å². The highest BCUT2D eigenvalue weighted by molar-refractivity contribution is 5.77. The second-order valence-corrected chi connectivity index (χ2v) is 5.41. The monoisotopic (exact) mass is 283 g/mol. The first kappa shape index (κ1) is 12.3. The fraction of sp³-hybridized carbons (Fsp3) is 0.250. The molecule has 0 spiro atoms. The van der Waals surface area contributed by atoms with Crippen LogP contribution in [0.3, 0.4) is 0 Å². The number of benzene rings is 1. The first-order valence-electron chi connectivity index (χ1n) is 7.12. The minimum Gasteiger partial charge on any atom is -0.296 e. The number of nitrogens with zero attached hydrogens (tertiary/aromatic N) is 2. The Hall–Kier alpha value is -2.43. The topological polar surface area (TPSA) is 50.2 Å². The molecule has 21 heavy (non-hydrogen) atoms. The van der Waals surface area contributed by atoms with Crippen LogP contribution in [0.4, 0.5) is 4.39 Å². The van der Waals surface area contributed by atoms with E-state index in [1.54, 1.807) is 12.3 Å². The van der Waals surface area contributed by atoms with Crippen molar-refractivity contribution in [2.24, 2.45) is 0 Å². The maximum absolute atomic E-state index is 13.4. The molecule has 0 radical (unpaired) electrons. The van der Waals surface area contributed by atoms with Crippen molar-refractivity contribution in [3.8, 4) is 11.1 Å². The summed E-state index contributed by atoms with van der Waals surface area (Å²) in [6.45, 7) is 0. The van der Waals surface area contributed by atoms with Crippen LogP contribution in [0, 0.1) is 5.82 Å². The largest absolute Gasteiger partial charge is 0.296 e. The van der Waals surface area contributed by atoms with E-state index in [0.717, 1.165) is 48.1 Å². The lowest BCUT2D eigenvalue weighted by atomic mass is 9.97. The molecule has 106 valence electrons. The molecule has 0 bridgehead atoms. The van der Waals surface area contributed by atoms with Gasteiger partial charge in [-0.25, -0.2) is 13.9 Å². The molecule has 2 aromatic heterocycles. The minimum absolute atomic E-state index is 0.0302. The van der Waals surface area contributed by atoms with Gasteiger partial charge < -0.3 is 0 Å². The number of nitrogens with one attached hydrogen (secondary N) is 1. The first-order chi connectivity index (χ1) is 10.2. The standard InChI is InChI=1S/C16H14FN3O/c17-11-5-3-4-10(8-11)13-9-18-20-15(13)19-14-7-2-1-6-12(14)16(20)21/h3-5,8-9,18H,1-2,6-7H2. The summed E-state index contributed by atoms with van der Waals surface area (Å²) in [5.74, 6) is -0.299. The van der Waals surface area contributed by atoms with Crippen LogP contribution in [0.25, 0.3) is 16.8 Å². The molecule has 1 N–H and O–H groups in total. The second-order valence-electron chi connectivity index (χ2n) is 5.41. The smallest absolute Gasteiger partial charge is 0.276 e. The van der Waals surface area contributed by atoms with E-state index >= 15 is 0 Å². The number of halogens is 1. The van der Waals surface area contributed by atoms with Crippen molar-refractivity contribution in [2.75, 3.05) is 0 Å². The molecular formula is C16H14FN3O. The summed E-state index contributed by atoms with van der Waals surface area (Å²) in [4.78, 5) is 17.2. The van der Waals surface area contributed by atoms with Crippen LogP contribution in [0.15, 0.2) is 35.3 Å². The summed E-state index contributed by atoms with van der Waals surface area (Å²) >= 11 is 0. The Balaban J connectivity index is 2.00. The van der Waals surface area contributed by atoms with Gasteiger partial charge >= 0.3 is 0 Å². The lowest BCUT2D eigenvalue weighted by Gasteiger charge is -2.13. The van der Waals surface area contributed by atoms with E-state index in [0.29, 0.717) is 5.65 Å². The van der Waals surface area contributed by atoms with Gasteiger partial charge in [0.25, 0.3) is 5.56 Å². The number of rotatable bonds is 1. The van der Waals surface area contributed by atoms with E-state index in [2.05, 4.69) is 10.1 Å². The Morgan fingerprint density at radius 2 is 2.10 bits per heavy atom. The van der Waals surface area contributed by atoms with Crippen molar-refractivity contribution in [1.82, 2.24) is 14.6 Å². The molecule has 0 amide bonds. The van der Waals surface area contributed by atoms with Gasteiger partial charge in [0.05, 0.1) is 5.69 Å². The van der Waals surface area contributed by atoms with Gasteiger partial charge in [0, 0.05) is 17.3 Å². The van der Waals surface area contributed by atoms with Crippen LogP contribution >= 0.6 is 0 Å². The van der Waals surface area contributed by atoms with E-state index in [1.807, 2.05) is 6.07 Å². The van der Waals surface area contributed by atoms with Gasteiger partial charge in [-0.3, -0.25) is 9.89 Å². The van der Waals surface area contributed by atoms with Crippen molar-refractivity contribution in [3.63, 3.8) is 0 Å². The molecule has 0 saturated heterocycles. The molecule has 0 saturated carbocycles. The molecule has 3 aromatic rings. The van der Waals surface area contributed by atoms with Crippen LogP contribution in [-0.2, 0) is 12.8 Å². The van der Waals surface area contributed by atoms with Gasteiger partial charge in [-0.2, -0.15) is 0 Å². The summed E-state index contributed by atoms with van der Waals surface area (Å²) in [6.07, 6.45) is 5.44. The number of fused-ring (bicyclic) bond motifs is 2. The summed E-state index contributed by atoms with van der Waals surface area (Å²) in [5, 5.41) is 2.94. The molecule has 4 nitrogen and oxygen atoms in total. The normalized spacial score (nSPS) is 14.3. The van der Waals surface area contributed by atoms with Gasteiger partial charge in [0.15, 0.2) is 5.65 Å². The van der Waals surface area contributed by atoms with Gasteiger partial charge in [-0.1, -0.05) is 12.1 Å². The van der Waals surface area contributed by atoms with E-state index in [1.165, 1.54) is 16.6 Å². The number of aromatic nitrogens is 3. The van der Waals surface area contributed by atoms with E-state index in [9.17, 15) is 9.18 Å². The van der Waals surface area contributed by atoms with Crippen LogP contribution < -0.4 is 5.56 Å². The van der Waals surface area contributed by atoms with Crippen molar-refractivity contribution in [3.05, 3.63) is 57.9 Å². The molecule has 0 atom stereocenters. The van der Waals surface area contributed by atoms with Crippen LogP contribution in [-0.4, -0.2) is 14.6 Å². The Labute approximate surface area is 120 Å². The third-order valence-electron chi connectivity index (χ3n) is 4.07. The lowest BCUT2D eigenvalue weighted by Crippen LogP contribution is -2.24. The Morgan fingerprint density at radius 1 is 1.24 bits per heavy atom. The summed E-state index contributed by atoms with van der Waals surface area (Å²) in [6, 6.07) is 6.33. The predicted molar refractivity (Wildman–Crippen MR) is 77.8 cm³/mol. The zero-order valence-corrected chi connectivity index (χ0v) is 11.4. The van der Waals surface area contributed by atoms with Crippen molar-refractivity contribution < 1.29 is 4.39 Å². The maximum Gasteiger partial charge on any atom is 0.276 e. The number of hydrogen-bond acceptors (Lipinski definition) is 2. The summed E-state index contributed by atoms with van der Waals surface area (Å²) < 4.78 is 14.9. The van der Waals surface area contributed by atoms with Gasteiger partial charge in [0.1, 0.15) is 5.82 Å². The summed E-state index contributed by atoms with van der Waals surface area (Å²) in [5.41, 5.74) is 3.72. The van der Waals surface area contributed by atoms with E-state index in [-0.39, 0.29) is 11.4 Å². The molecule has 1 aliphatic carbocycles. The van der Waals surface area contributed by atoms with Gasteiger partial charge in [0.2, 0.25) is 0 Å². The summed E-state index contributed by atoms with van der Waals surface area (Å²) in [7, 11) is 0. The number of aryl methyl sites for hydroxylation is 1. The second kappa shape index (κ2) is 4.55. The number of aromatic amines is 1. The molecule has 4 rings (SSSR count).